The summed E-state index contributed by atoms with van der Waals surface area (Å²) in [5, 5.41) is 4.49. The van der Waals surface area contributed by atoms with Crippen molar-refractivity contribution in [1.82, 2.24) is 0 Å². The van der Waals surface area contributed by atoms with Gasteiger partial charge in [-0.25, -0.2) is 8.78 Å². The number of carbonyl (C=O) groups is 1. The zero-order valence-corrected chi connectivity index (χ0v) is 14.5. The van der Waals surface area contributed by atoms with Crippen molar-refractivity contribution < 1.29 is 18.9 Å². The number of rotatable bonds is 5. The molecule has 0 saturated heterocycles. The average Bonchev–Trinajstić information content (AvgIpc) is 2.48. The van der Waals surface area contributed by atoms with Crippen LogP contribution in [0.1, 0.15) is 24.1 Å². The molecule has 0 aromatic heterocycles. The molecule has 0 aliphatic rings. The molecule has 122 valence electrons. The lowest BCUT2D eigenvalue weighted by Gasteiger charge is -2.12. The van der Waals surface area contributed by atoms with Gasteiger partial charge in [0.25, 0.3) is 5.91 Å². The lowest BCUT2D eigenvalue weighted by atomic mass is 10.1. The molecule has 0 aliphatic heterocycles. The highest BCUT2D eigenvalue weighted by Gasteiger charge is 2.16. The van der Waals surface area contributed by atoms with Crippen LogP contribution in [-0.2, 0) is 4.79 Å². The van der Waals surface area contributed by atoms with Crippen LogP contribution in [0.3, 0.4) is 0 Å². The standard InChI is InChI=1S/C17H17BrF2N2O/c1-10-3-5-13(8-15(10)18)22-17(23)9-21-11(2)14-6-4-12(19)7-16(14)20/h3-8,11,21H,9H2,1-2H3,(H,22,23)/p+1/t11-/m0/s1. The highest BCUT2D eigenvalue weighted by Crippen LogP contribution is 2.20. The third kappa shape index (κ3) is 4.84. The molecule has 1 atom stereocenters. The highest BCUT2D eigenvalue weighted by atomic mass is 79.9. The Morgan fingerprint density at radius 1 is 1.26 bits per heavy atom. The molecule has 0 heterocycles. The molecular weight excluding hydrogens is 366 g/mol. The van der Waals surface area contributed by atoms with Crippen LogP contribution >= 0.6 is 15.9 Å². The summed E-state index contributed by atoms with van der Waals surface area (Å²) in [6.45, 7) is 3.87. The zero-order chi connectivity index (χ0) is 17.0. The number of aryl methyl sites for hydroxylation is 1. The van der Waals surface area contributed by atoms with Gasteiger partial charge in [-0.2, -0.15) is 0 Å². The molecule has 0 unspecified atom stereocenters. The van der Waals surface area contributed by atoms with E-state index < -0.39 is 11.6 Å². The van der Waals surface area contributed by atoms with Gasteiger partial charge in [-0.1, -0.05) is 22.0 Å². The summed E-state index contributed by atoms with van der Waals surface area (Å²) in [5.74, 6) is -1.40. The summed E-state index contributed by atoms with van der Waals surface area (Å²) in [5.41, 5.74) is 2.15. The van der Waals surface area contributed by atoms with E-state index in [1.807, 2.05) is 25.1 Å². The van der Waals surface area contributed by atoms with Crippen LogP contribution < -0.4 is 10.6 Å². The Morgan fingerprint density at radius 2 is 2.00 bits per heavy atom. The van der Waals surface area contributed by atoms with Crippen molar-refractivity contribution in [2.45, 2.75) is 19.9 Å². The van der Waals surface area contributed by atoms with Gasteiger partial charge in [0, 0.05) is 21.8 Å². The summed E-state index contributed by atoms with van der Waals surface area (Å²) < 4.78 is 27.5. The van der Waals surface area contributed by atoms with Crippen LogP contribution in [-0.4, -0.2) is 12.5 Å². The lowest BCUT2D eigenvalue weighted by Crippen LogP contribution is -2.86. The number of hydrogen-bond acceptors (Lipinski definition) is 1. The van der Waals surface area contributed by atoms with Crippen molar-refractivity contribution in [3.05, 3.63) is 63.6 Å². The van der Waals surface area contributed by atoms with Gasteiger partial charge in [-0.15, -0.1) is 0 Å². The van der Waals surface area contributed by atoms with E-state index in [9.17, 15) is 13.6 Å². The van der Waals surface area contributed by atoms with Gasteiger partial charge in [0.05, 0.1) is 0 Å². The van der Waals surface area contributed by atoms with E-state index in [1.165, 1.54) is 12.1 Å². The third-order valence-electron chi connectivity index (χ3n) is 3.57. The maximum atomic E-state index is 13.7. The number of anilines is 1. The molecule has 0 radical (unpaired) electrons. The van der Waals surface area contributed by atoms with Gasteiger partial charge < -0.3 is 10.6 Å². The van der Waals surface area contributed by atoms with Gasteiger partial charge in [-0.3, -0.25) is 4.79 Å². The smallest absolute Gasteiger partial charge is 0.279 e. The summed E-state index contributed by atoms with van der Waals surface area (Å²) >= 11 is 3.41. The summed E-state index contributed by atoms with van der Waals surface area (Å²) in [4.78, 5) is 12.0. The maximum absolute atomic E-state index is 13.7. The van der Waals surface area contributed by atoms with Crippen molar-refractivity contribution in [2.24, 2.45) is 0 Å². The Morgan fingerprint density at radius 3 is 2.65 bits per heavy atom. The molecule has 3 nitrogen and oxygen atoms in total. The van der Waals surface area contributed by atoms with Crippen molar-refractivity contribution in [1.29, 1.82) is 0 Å². The molecule has 0 bridgehead atoms. The molecule has 6 heteroatoms. The van der Waals surface area contributed by atoms with E-state index in [2.05, 4.69) is 21.2 Å². The molecule has 23 heavy (non-hydrogen) atoms. The molecule has 0 saturated carbocycles. The highest BCUT2D eigenvalue weighted by molar-refractivity contribution is 9.10. The largest absolute Gasteiger partial charge is 0.332 e. The second-order valence-corrected chi connectivity index (χ2v) is 6.26. The second kappa shape index (κ2) is 7.66. The Hall–Kier alpha value is -1.79. The average molecular weight is 384 g/mol. The molecule has 1 amide bonds. The number of carbonyl (C=O) groups excluding carboxylic acids is 1. The normalized spacial score (nSPS) is 12.0. The van der Waals surface area contributed by atoms with Gasteiger partial charge in [0.15, 0.2) is 6.54 Å². The summed E-state index contributed by atoms with van der Waals surface area (Å²) in [7, 11) is 0. The fourth-order valence-corrected chi connectivity index (χ4v) is 2.54. The molecule has 0 aliphatic carbocycles. The zero-order valence-electron chi connectivity index (χ0n) is 12.9. The molecule has 0 fully saturated rings. The first-order chi connectivity index (χ1) is 10.9. The van der Waals surface area contributed by atoms with Crippen LogP contribution in [0.15, 0.2) is 40.9 Å². The van der Waals surface area contributed by atoms with Gasteiger partial charge in [0.1, 0.15) is 17.7 Å². The predicted octanol–water partition coefficient (Wildman–Crippen LogP) is 3.30. The molecule has 2 aromatic rings. The van der Waals surface area contributed by atoms with E-state index in [0.717, 1.165) is 16.1 Å². The first-order valence-electron chi connectivity index (χ1n) is 7.21. The number of halogens is 3. The first kappa shape index (κ1) is 17.6. The van der Waals surface area contributed by atoms with Crippen LogP contribution in [0.4, 0.5) is 14.5 Å². The fourth-order valence-electron chi connectivity index (χ4n) is 2.16. The van der Waals surface area contributed by atoms with Crippen LogP contribution in [0.5, 0.6) is 0 Å². The minimum absolute atomic E-state index is 0.142. The Labute approximate surface area is 142 Å². The van der Waals surface area contributed by atoms with Crippen LogP contribution in [0.25, 0.3) is 0 Å². The van der Waals surface area contributed by atoms with Crippen LogP contribution in [0, 0.1) is 18.6 Å². The lowest BCUT2D eigenvalue weighted by molar-refractivity contribution is -0.682. The third-order valence-corrected chi connectivity index (χ3v) is 4.42. The second-order valence-electron chi connectivity index (χ2n) is 5.41. The number of amides is 1. The Bertz CT molecular complexity index is 722. The van der Waals surface area contributed by atoms with Crippen molar-refractivity contribution in [3.8, 4) is 0 Å². The van der Waals surface area contributed by atoms with Crippen molar-refractivity contribution >= 4 is 27.5 Å². The van der Waals surface area contributed by atoms with E-state index >= 15 is 0 Å². The molecular formula is C17H18BrF2N2O+. The minimum Gasteiger partial charge on any atom is -0.332 e. The van der Waals surface area contributed by atoms with Gasteiger partial charge >= 0.3 is 0 Å². The van der Waals surface area contributed by atoms with Crippen molar-refractivity contribution in [3.63, 3.8) is 0 Å². The molecule has 2 rings (SSSR count). The van der Waals surface area contributed by atoms with E-state index in [1.54, 1.807) is 12.2 Å². The summed E-state index contributed by atoms with van der Waals surface area (Å²) in [6, 6.07) is 8.74. The number of hydrogen-bond donors (Lipinski definition) is 2. The maximum Gasteiger partial charge on any atom is 0.279 e. The van der Waals surface area contributed by atoms with Crippen LogP contribution in [0.2, 0.25) is 0 Å². The predicted molar refractivity (Wildman–Crippen MR) is 89.1 cm³/mol. The number of nitrogens with one attached hydrogen (secondary N) is 1. The van der Waals surface area contributed by atoms with Gasteiger partial charge in [-0.05, 0) is 43.7 Å². The summed E-state index contributed by atoms with van der Waals surface area (Å²) in [6.07, 6.45) is 0. The quantitative estimate of drug-likeness (QED) is 0.817. The van der Waals surface area contributed by atoms with E-state index in [4.69, 9.17) is 0 Å². The number of quaternary nitrogens is 1. The van der Waals surface area contributed by atoms with Crippen molar-refractivity contribution in [2.75, 3.05) is 11.9 Å². The number of benzene rings is 2. The monoisotopic (exact) mass is 383 g/mol. The molecule has 2 aromatic carbocycles. The molecule has 0 spiro atoms. The molecule has 3 N–H and O–H groups in total. The minimum atomic E-state index is -0.610. The van der Waals surface area contributed by atoms with E-state index in [-0.39, 0.29) is 18.5 Å². The SMILES string of the molecule is Cc1ccc(NC(=O)C[NH2+][C@@H](C)c2ccc(F)cc2F)cc1Br. The van der Waals surface area contributed by atoms with Gasteiger partial charge in [0.2, 0.25) is 0 Å². The number of nitrogens with two attached hydrogens (primary N) is 1. The Balaban J connectivity index is 1.91. The fraction of sp³-hybridized carbons (Fsp3) is 0.235. The van der Waals surface area contributed by atoms with E-state index in [0.29, 0.717) is 11.3 Å². The Kier molecular flexibility index (Phi) is 5.85. The topological polar surface area (TPSA) is 45.7 Å². The first-order valence-corrected chi connectivity index (χ1v) is 8.00.